The molecule has 0 heterocycles. The summed E-state index contributed by atoms with van der Waals surface area (Å²) in [6.45, 7) is 7.31. The van der Waals surface area contributed by atoms with Crippen LogP contribution >= 0.6 is 12.4 Å². The van der Waals surface area contributed by atoms with Crippen molar-refractivity contribution in [3.8, 4) is 0 Å². The maximum absolute atomic E-state index is 11.6. The van der Waals surface area contributed by atoms with Gasteiger partial charge in [0.05, 0.1) is 5.56 Å². The molecule has 3 aromatic carbocycles. The number of ether oxygens (including phenoxy) is 1. The molecule has 3 rings (SSSR count). The minimum absolute atomic E-state index is 0. The summed E-state index contributed by atoms with van der Waals surface area (Å²) < 4.78 is 5.18. The Kier molecular flexibility index (Phi) is 13.2. The second-order valence-electron chi connectivity index (χ2n) is 6.94. The zero-order chi connectivity index (χ0) is 22.3. The molecule has 0 bridgehead atoms. The Morgan fingerprint density at radius 1 is 0.812 bits per heavy atom. The van der Waals surface area contributed by atoms with E-state index >= 15 is 0 Å². The van der Waals surface area contributed by atoms with Crippen LogP contribution < -0.4 is 5.73 Å². The SMILES string of the molecule is C(=Cc1ccccc1)c1ccccc1.CCN(CC)CCOC(=O)c1ccc(N)cc1.Cl. The number of likely N-dealkylation sites (N-methyl/N-ethyl adjacent to an activating group) is 1. The van der Waals surface area contributed by atoms with Crippen LogP contribution in [0.25, 0.3) is 12.2 Å². The molecule has 0 saturated carbocycles. The summed E-state index contributed by atoms with van der Waals surface area (Å²) in [5.41, 5.74) is 9.19. The molecule has 0 aromatic heterocycles. The van der Waals surface area contributed by atoms with Crippen LogP contribution in [-0.4, -0.2) is 37.1 Å². The minimum Gasteiger partial charge on any atom is -0.461 e. The fourth-order valence-electron chi connectivity index (χ4n) is 2.83. The third-order valence-corrected chi connectivity index (χ3v) is 4.75. The van der Waals surface area contributed by atoms with Crippen LogP contribution in [0.4, 0.5) is 5.69 Å². The number of hydrogen-bond donors (Lipinski definition) is 1. The maximum Gasteiger partial charge on any atom is 0.338 e. The number of nitrogens with zero attached hydrogens (tertiary/aromatic N) is 1. The van der Waals surface area contributed by atoms with Crippen LogP contribution in [0.2, 0.25) is 0 Å². The van der Waals surface area contributed by atoms with Gasteiger partial charge in [-0.05, 0) is 48.5 Å². The molecule has 0 aliphatic heterocycles. The van der Waals surface area contributed by atoms with E-state index < -0.39 is 0 Å². The molecule has 0 saturated heterocycles. The van der Waals surface area contributed by atoms with Crippen molar-refractivity contribution in [2.45, 2.75) is 13.8 Å². The lowest BCUT2D eigenvalue weighted by Crippen LogP contribution is -2.27. The predicted molar refractivity (Wildman–Crippen MR) is 138 cm³/mol. The third-order valence-electron chi connectivity index (χ3n) is 4.75. The highest BCUT2D eigenvalue weighted by Crippen LogP contribution is 2.08. The lowest BCUT2D eigenvalue weighted by molar-refractivity contribution is 0.0466. The van der Waals surface area contributed by atoms with E-state index in [1.165, 1.54) is 11.1 Å². The Balaban J connectivity index is 0.000000315. The molecule has 0 spiro atoms. The summed E-state index contributed by atoms with van der Waals surface area (Å²) >= 11 is 0. The van der Waals surface area contributed by atoms with Crippen molar-refractivity contribution in [3.63, 3.8) is 0 Å². The molecule has 3 aromatic rings. The fourth-order valence-corrected chi connectivity index (χ4v) is 2.83. The number of halogens is 1. The van der Waals surface area contributed by atoms with Crippen molar-refractivity contribution >= 4 is 36.2 Å². The molecule has 2 N–H and O–H groups in total. The van der Waals surface area contributed by atoms with Gasteiger partial charge in [-0.25, -0.2) is 4.79 Å². The Labute approximate surface area is 198 Å². The molecule has 0 unspecified atom stereocenters. The quantitative estimate of drug-likeness (QED) is 0.257. The number of benzene rings is 3. The average molecular weight is 453 g/mol. The Bertz CT molecular complexity index is 868. The zero-order valence-corrected chi connectivity index (χ0v) is 19.6. The molecular formula is C27H33ClN2O2. The lowest BCUT2D eigenvalue weighted by atomic mass is 10.1. The molecule has 5 heteroatoms. The van der Waals surface area contributed by atoms with Crippen molar-refractivity contribution in [3.05, 3.63) is 102 Å². The molecule has 0 aliphatic carbocycles. The number of carbonyl (C=O) groups excluding carboxylic acids is 1. The number of nitrogens with two attached hydrogens (primary N) is 1. The lowest BCUT2D eigenvalue weighted by Gasteiger charge is -2.17. The summed E-state index contributed by atoms with van der Waals surface area (Å²) in [6, 6.07) is 27.4. The molecule has 0 amide bonds. The standard InChI is InChI=1S/C14H12.C13H20N2O2.ClH/c1-3-7-13(8-4-1)11-12-14-9-5-2-6-10-14;1-3-15(4-2)9-10-17-13(16)11-5-7-12(14)8-6-11;/h1-12H;5-8H,3-4,9-10,14H2,1-2H3;1H. The third kappa shape index (κ3) is 10.3. The van der Waals surface area contributed by atoms with Crippen LogP contribution in [0.3, 0.4) is 0 Å². The van der Waals surface area contributed by atoms with Gasteiger partial charge in [-0.15, -0.1) is 12.4 Å². The van der Waals surface area contributed by atoms with Crippen LogP contribution in [0.5, 0.6) is 0 Å². The smallest absolute Gasteiger partial charge is 0.338 e. The minimum atomic E-state index is -0.294. The van der Waals surface area contributed by atoms with Crippen LogP contribution in [0.15, 0.2) is 84.9 Å². The molecule has 32 heavy (non-hydrogen) atoms. The van der Waals surface area contributed by atoms with Gasteiger partial charge >= 0.3 is 5.97 Å². The first-order valence-electron chi connectivity index (χ1n) is 10.7. The topological polar surface area (TPSA) is 55.6 Å². The zero-order valence-electron chi connectivity index (χ0n) is 18.8. The van der Waals surface area contributed by atoms with Crippen LogP contribution in [0.1, 0.15) is 35.3 Å². The van der Waals surface area contributed by atoms with Gasteiger partial charge in [0.2, 0.25) is 0 Å². The highest BCUT2D eigenvalue weighted by Gasteiger charge is 2.07. The van der Waals surface area contributed by atoms with E-state index in [0.717, 1.165) is 19.6 Å². The molecule has 0 atom stereocenters. The summed E-state index contributed by atoms with van der Waals surface area (Å²) in [6.07, 6.45) is 4.24. The maximum atomic E-state index is 11.6. The first-order valence-corrected chi connectivity index (χ1v) is 10.7. The van der Waals surface area contributed by atoms with Gasteiger partial charge in [-0.2, -0.15) is 0 Å². The van der Waals surface area contributed by atoms with Gasteiger partial charge in [0.25, 0.3) is 0 Å². The van der Waals surface area contributed by atoms with Crippen LogP contribution in [-0.2, 0) is 4.74 Å². The van der Waals surface area contributed by atoms with E-state index in [1.54, 1.807) is 24.3 Å². The van der Waals surface area contributed by atoms with Crippen molar-refractivity contribution in [1.29, 1.82) is 0 Å². The number of esters is 1. The Morgan fingerprint density at radius 3 is 1.72 bits per heavy atom. The largest absolute Gasteiger partial charge is 0.461 e. The second kappa shape index (κ2) is 15.7. The van der Waals surface area contributed by atoms with E-state index in [1.807, 2.05) is 36.4 Å². The molecular weight excluding hydrogens is 420 g/mol. The number of anilines is 1. The number of hydrogen-bond acceptors (Lipinski definition) is 4. The normalized spacial score (nSPS) is 10.2. The predicted octanol–water partition coefficient (Wildman–Crippen LogP) is 6.05. The van der Waals surface area contributed by atoms with Gasteiger partial charge in [0.15, 0.2) is 0 Å². The van der Waals surface area contributed by atoms with Gasteiger partial charge in [-0.1, -0.05) is 86.7 Å². The van der Waals surface area contributed by atoms with Gasteiger partial charge in [0, 0.05) is 12.2 Å². The Hall–Kier alpha value is -3.08. The molecule has 170 valence electrons. The van der Waals surface area contributed by atoms with Crippen molar-refractivity contribution in [2.75, 3.05) is 32.0 Å². The second-order valence-corrected chi connectivity index (χ2v) is 6.94. The molecule has 0 aliphatic rings. The van der Waals surface area contributed by atoms with Gasteiger partial charge in [0.1, 0.15) is 6.61 Å². The van der Waals surface area contributed by atoms with Gasteiger partial charge in [-0.3, -0.25) is 0 Å². The van der Waals surface area contributed by atoms with Gasteiger partial charge < -0.3 is 15.4 Å². The van der Waals surface area contributed by atoms with E-state index in [2.05, 4.69) is 55.2 Å². The first kappa shape index (κ1) is 27.0. The van der Waals surface area contributed by atoms with Crippen molar-refractivity contribution in [1.82, 2.24) is 4.90 Å². The first-order chi connectivity index (χ1) is 15.1. The van der Waals surface area contributed by atoms with Crippen molar-refractivity contribution < 1.29 is 9.53 Å². The summed E-state index contributed by atoms with van der Waals surface area (Å²) in [5.74, 6) is -0.294. The summed E-state index contributed by atoms with van der Waals surface area (Å²) in [5, 5.41) is 0. The number of rotatable bonds is 8. The highest BCUT2D eigenvalue weighted by molar-refractivity contribution is 5.89. The summed E-state index contributed by atoms with van der Waals surface area (Å²) in [4.78, 5) is 13.8. The van der Waals surface area contributed by atoms with Crippen molar-refractivity contribution in [2.24, 2.45) is 0 Å². The average Bonchev–Trinajstić information content (AvgIpc) is 2.82. The van der Waals surface area contributed by atoms with E-state index in [-0.39, 0.29) is 18.4 Å². The fraction of sp³-hybridized carbons (Fsp3) is 0.222. The molecule has 4 nitrogen and oxygen atoms in total. The van der Waals surface area contributed by atoms with E-state index in [4.69, 9.17) is 10.5 Å². The van der Waals surface area contributed by atoms with Crippen LogP contribution in [0, 0.1) is 0 Å². The molecule has 0 radical (unpaired) electrons. The van der Waals surface area contributed by atoms with E-state index in [9.17, 15) is 4.79 Å². The van der Waals surface area contributed by atoms with E-state index in [0.29, 0.717) is 17.9 Å². The monoisotopic (exact) mass is 452 g/mol. The number of nitrogen functional groups attached to an aromatic ring is 1. The number of carbonyl (C=O) groups is 1. The molecule has 0 fully saturated rings. The highest BCUT2D eigenvalue weighted by atomic mass is 35.5. The Morgan fingerprint density at radius 2 is 1.28 bits per heavy atom. The summed E-state index contributed by atoms with van der Waals surface area (Å²) in [7, 11) is 0.